The summed E-state index contributed by atoms with van der Waals surface area (Å²) in [7, 11) is 0. The number of hydrogen-bond acceptors (Lipinski definition) is 8. The highest BCUT2D eigenvalue weighted by Gasteiger charge is 2.66. The summed E-state index contributed by atoms with van der Waals surface area (Å²) >= 11 is 0. The van der Waals surface area contributed by atoms with Crippen molar-refractivity contribution in [2.45, 2.75) is 128 Å². The van der Waals surface area contributed by atoms with Gasteiger partial charge in [-0.3, -0.25) is 4.79 Å². The van der Waals surface area contributed by atoms with Gasteiger partial charge in [0.25, 0.3) is 0 Å². The third-order valence-electron chi connectivity index (χ3n) is 8.77. The molecule has 4 atom stereocenters. The van der Waals surface area contributed by atoms with Crippen molar-refractivity contribution in [3.05, 3.63) is 29.7 Å². The first-order valence-electron chi connectivity index (χ1n) is 15.3. The molecule has 3 heterocycles. The maximum absolute atomic E-state index is 14.2. The molecule has 1 unspecified atom stereocenters. The minimum absolute atomic E-state index is 0.0138. The predicted molar refractivity (Wildman–Crippen MR) is 157 cm³/mol. The molecule has 0 aromatic carbocycles. The van der Waals surface area contributed by atoms with Gasteiger partial charge in [0.05, 0.1) is 29.5 Å². The van der Waals surface area contributed by atoms with Crippen molar-refractivity contribution in [3.63, 3.8) is 0 Å². The minimum Gasteiger partial charge on any atom is -0.444 e. The number of rotatable bonds is 5. The number of amides is 3. The molecule has 11 nitrogen and oxygen atoms in total. The molecule has 3 amide bonds. The molecule has 0 spiro atoms. The summed E-state index contributed by atoms with van der Waals surface area (Å²) in [5, 5.41) is 18.8. The summed E-state index contributed by atoms with van der Waals surface area (Å²) in [5.41, 5.74) is -6.21. The third-order valence-corrected chi connectivity index (χ3v) is 8.77. The number of nitrogens with zero attached hydrogens (tertiary/aromatic N) is 4. The van der Waals surface area contributed by atoms with Crippen molar-refractivity contribution >= 4 is 23.7 Å². The molecule has 2 aliphatic rings. The van der Waals surface area contributed by atoms with E-state index in [1.54, 1.807) is 20.8 Å². The number of hydrogen-bond donors (Lipinski definition) is 2. The number of imidazole rings is 1. The average molecular weight is 676 g/mol. The standard InChI is InChI=1S/C31H42F5N5O6/c1-26(2,3)46-24(43)39-22(17-9-11-30(32,33)12-10-17)19-16-40-21(38-19)13-18(15-37-40)29(8,45)28(7)14-20(31(34,35)36)41(23(28)42)25(44)47-27(4,5)6/h13,15-17,20,22,45H,9-12,14H2,1-8H3,(H,39,43)/t20-,22-,28-,29?/m0/s1. The van der Waals surface area contributed by atoms with E-state index in [-0.39, 0.29) is 47.5 Å². The molecule has 4 rings (SSSR count). The van der Waals surface area contributed by atoms with E-state index in [0.29, 0.717) is 0 Å². The van der Waals surface area contributed by atoms with Gasteiger partial charge < -0.3 is 19.9 Å². The van der Waals surface area contributed by atoms with Gasteiger partial charge in [-0.25, -0.2) is 32.8 Å². The maximum Gasteiger partial charge on any atom is 0.417 e. The van der Waals surface area contributed by atoms with Gasteiger partial charge in [-0.1, -0.05) is 0 Å². The summed E-state index contributed by atoms with van der Waals surface area (Å²) in [6.07, 6.45) is -6.20. The van der Waals surface area contributed by atoms with Crippen LogP contribution in [0.25, 0.3) is 5.65 Å². The number of imide groups is 1. The topological polar surface area (TPSA) is 135 Å². The zero-order valence-corrected chi connectivity index (χ0v) is 27.7. The molecule has 2 fully saturated rings. The molecule has 47 heavy (non-hydrogen) atoms. The molecule has 2 N–H and O–H groups in total. The van der Waals surface area contributed by atoms with E-state index in [2.05, 4.69) is 15.4 Å². The van der Waals surface area contributed by atoms with Crippen LogP contribution in [0, 0.1) is 11.3 Å². The number of fused-ring (bicyclic) bond motifs is 1. The SMILES string of the molecule is CC(C)(C)OC(=O)N[C@H](c1cn2ncc(C(C)(O)[C@@]3(C)C[C@@H](C(F)(F)F)N(C(=O)OC(C)(C)C)C3=O)cc2n1)C1CCC(F)(F)CC1. The molecule has 0 radical (unpaired) electrons. The highest BCUT2D eigenvalue weighted by Crippen LogP contribution is 2.52. The maximum atomic E-state index is 14.2. The van der Waals surface area contributed by atoms with Gasteiger partial charge in [0.15, 0.2) is 5.65 Å². The lowest BCUT2D eigenvalue weighted by molar-refractivity contribution is -0.177. The lowest BCUT2D eigenvalue weighted by Crippen LogP contribution is -2.51. The Morgan fingerprint density at radius 1 is 1.04 bits per heavy atom. The van der Waals surface area contributed by atoms with Crippen molar-refractivity contribution in [2.24, 2.45) is 11.3 Å². The van der Waals surface area contributed by atoms with Crippen molar-refractivity contribution < 1.29 is 50.9 Å². The van der Waals surface area contributed by atoms with E-state index < -0.39 is 76.8 Å². The molecule has 1 saturated carbocycles. The molecule has 1 aliphatic carbocycles. The molecular weight excluding hydrogens is 633 g/mol. The van der Waals surface area contributed by atoms with Crippen LogP contribution in [0.15, 0.2) is 18.5 Å². The van der Waals surface area contributed by atoms with Crippen molar-refractivity contribution in [1.29, 1.82) is 0 Å². The third kappa shape index (κ3) is 7.62. The molecule has 1 aliphatic heterocycles. The van der Waals surface area contributed by atoms with E-state index >= 15 is 0 Å². The number of carbonyl (C=O) groups is 3. The second kappa shape index (κ2) is 11.8. The number of aromatic nitrogens is 3. The van der Waals surface area contributed by atoms with Gasteiger partial charge >= 0.3 is 18.4 Å². The van der Waals surface area contributed by atoms with Crippen LogP contribution in [-0.4, -0.2) is 72.0 Å². The number of alkyl halides is 5. The van der Waals surface area contributed by atoms with Gasteiger partial charge in [0, 0.05) is 18.4 Å². The number of alkyl carbamates (subject to hydrolysis) is 1. The lowest BCUT2D eigenvalue weighted by Gasteiger charge is -2.38. The summed E-state index contributed by atoms with van der Waals surface area (Å²) < 4.78 is 82.3. The Kier molecular flexibility index (Phi) is 9.14. The van der Waals surface area contributed by atoms with E-state index in [0.717, 1.165) is 20.0 Å². The Hall–Kier alpha value is -3.56. The Bertz CT molecular complexity index is 1520. The first kappa shape index (κ1) is 36.3. The molecule has 2 aromatic rings. The van der Waals surface area contributed by atoms with Crippen LogP contribution >= 0.6 is 0 Å². The normalized spacial score (nSPS) is 24.6. The van der Waals surface area contributed by atoms with Gasteiger partial charge in [-0.15, -0.1) is 0 Å². The highest BCUT2D eigenvalue weighted by atomic mass is 19.4. The Labute approximate surface area is 269 Å². The molecule has 262 valence electrons. The average Bonchev–Trinajstić information content (AvgIpc) is 3.44. The first-order valence-corrected chi connectivity index (χ1v) is 15.3. The number of likely N-dealkylation sites (tertiary alicyclic amines) is 1. The Morgan fingerprint density at radius 3 is 2.15 bits per heavy atom. The van der Waals surface area contributed by atoms with E-state index in [4.69, 9.17) is 9.47 Å². The van der Waals surface area contributed by atoms with Gasteiger partial charge in [-0.2, -0.15) is 18.3 Å². The van der Waals surface area contributed by atoms with Crippen LogP contribution in [0.5, 0.6) is 0 Å². The molecule has 16 heteroatoms. The van der Waals surface area contributed by atoms with Crippen LogP contribution in [0.3, 0.4) is 0 Å². The fraction of sp³-hybridized carbons (Fsp3) is 0.710. The van der Waals surface area contributed by atoms with Crippen molar-refractivity contribution in [2.75, 3.05) is 0 Å². The van der Waals surface area contributed by atoms with E-state index in [1.165, 1.54) is 37.5 Å². The molecule has 0 bridgehead atoms. The lowest BCUT2D eigenvalue weighted by atomic mass is 9.69. The summed E-state index contributed by atoms with van der Waals surface area (Å²) in [6, 6.07) is -2.08. The number of carbonyl (C=O) groups excluding carboxylic acids is 3. The highest BCUT2D eigenvalue weighted by molar-refractivity contribution is 5.98. The summed E-state index contributed by atoms with van der Waals surface area (Å²) in [6.45, 7) is 11.6. The fourth-order valence-electron chi connectivity index (χ4n) is 6.06. The second-order valence-corrected chi connectivity index (χ2v) is 14.9. The van der Waals surface area contributed by atoms with E-state index in [9.17, 15) is 41.4 Å². The Balaban J connectivity index is 1.70. The van der Waals surface area contributed by atoms with Gasteiger partial charge in [-0.05, 0) is 86.6 Å². The van der Waals surface area contributed by atoms with Crippen molar-refractivity contribution in [1.82, 2.24) is 24.8 Å². The van der Waals surface area contributed by atoms with Gasteiger partial charge in [0.1, 0.15) is 22.8 Å². The van der Waals surface area contributed by atoms with Crippen LogP contribution < -0.4 is 5.32 Å². The molecule has 2 aromatic heterocycles. The number of halogens is 5. The summed E-state index contributed by atoms with van der Waals surface area (Å²) in [4.78, 5) is 43.8. The smallest absolute Gasteiger partial charge is 0.417 e. The minimum atomic E-state index is -5.01. The van der Waals surface area contributed by atoms with Gasteiger partial charge in [0.2, 0.25) is 11.8 Å². The van der Waals surface area contributed by atoms with E-state index in [1.807, 2.05) is 0 Å². The summed E-state index contributed by atoms with van der Waals surface area (Å²) in [5.74, 6) is -4.53. The van der Waals surface area contributed by atoms with Crippen LogP contribution in [0.4, 0.5) is 31.5 Å². The molecule has 1 saturated heterocycles. The zero-order chi connectivity index (χ0) is 35.5. The predicted octanol–water partition coefficient (Wildman–Crippen LogP) is 6.43. The zero-order valence-electron chi connectivity index (χ0n) is 27.7. The van der Waals surface area contributed by atoms with Crippen molar-refractivity contribution in [3.8, 4) is 0 Å². The van der Waals surface area contributed by atoms with Crippen LogP contribution in [-0.2, 0) is 19.9 Å². The van der Waals surface area contributed by atoms with Crippen LogP contribution in [0.2, 0.25) is 0 Å². The second-order valence-electron chi connectivity index (χ2n) is 14.9. The monoisotopic (exact) mass is 675 g/mol. The quantitative estimate of drug-likeness (QED) is 0.346. The fourth-order valence-corrected chi connectivity index (χ4v) is 6.06. The largest absolute Gasteiger partial charge is 0.444 e. The number of ether oxygens (including phenoxy) is 2. The Morgan fingerprint density at radius 2 is 1.62 bits per heavy atom. The number of nitrogens with one attached hydrogen (secondary N) is 1. The first-order chi connectivity index (χ1) is 21.2. The number of aliphatic hydroxyl groups is 1. The molecular formula is C31H42F5N5O6. The van der Waals surface area contributed by atoms with Crippen LogP contribution in [0.1, 0.15) is 105 Å².